The van der Waals surface area contributed by atoms with Crippen LogP contribution in [0.25, 0.3) is 11.5 Å². The number of hydrogen-bond acceptors (Lipinski definition) is 6. The Kier molecular flexibility index (Phi) is 5.57. The molecule has 4 aromatic rings. The van der Waals surface area contributed by atoms with Crippen molar-refractivity contribution in [2.24, 2.45) is 0 Å². The highest BCUT2D eigenvalue weighted by Crippen LogP contribution is 2.33. The lowest BCUT2D eigenvalue weighted by molar-refractivity contribution is 0.576. The molecule has 8 heteroatoms. The summed E-state index contributed by atoms with van der Waals surface area (Å²) in [5.41, 5.74) is 2.64. The second-order valence-corrected chi connectivity index (χ2v) is 8.99. The number of aromatic nitrogens is 2. The number of oxazole rings is 1. The second kappa shape index (κ2) is 8.30. The van der Waals surface area contributed by atoms with Gasteiger partial charge in [0, 0.05) is 29.5 Å². The number of pyridine rings is 1. The molecule has 6 nitrogen and oxygen atoms in total. The van der Waals surface area contributed by atoms with Crippen LogP contribution < -0.4 is 5.32 Å². The molecular weight excluding hydrogens is 422 g/mol. The highest BCUT2D eigenvalue weighted by atomic mass is 35.5. The normalized spacial score (nSPS) is 11.4. The SMILES string of the molecule is Cc1ccc(-c2nc(S(=O)(=O)c3ccc(Cl)cc3)c(NCc3cccnc3)o2)cc1. The van der Waals surface area contributed by atoms with E-state index in [2.05, 4.69) is 15.3 Å². The van der Waals surface area contributed by atoms with Gasteiger partial charge in [0.05, 0.1) is 4.90 Å². The summed E-state index contributed by atoms with van der Waals surface area (Å²) in [6.07, 6.45) is 3.36. The van der Waals surface area contributed by atoms with Crippen LogP contribution >= 0.6 is 11.6 Å². The molecule has 0 aliphatic carbocycles. The van der Waals surface area contributed by atoms with Crippen LogP contribution in [-0.2, 0) is 16.4 Å². The summed E-state index contributed by atoms with van der Waals surface area (Å²) in [5.74, 6) is 0.292. The highest BCUT2D eigenvalue weighted by Gasteiger charge is 2.28. The summed E-state index contributed by atoms with van der Waals surface area (Å²) in [5, 5.41) is 3.32. The Morgan fingerprint density at radius 2 is 1.77 bits per heavy atom. The Balaban J connectivity index is 1.76. The van der Waals surface area contributed by atoms with Gasteiger partial charge in [0.2, 0.25) is 26.6 Å². The average Bonchev–Trinajstić information content (AvgIpc) is 3.19. The van der Waals surface area contributed by atoms with Crippen LogP contribution in [-0.4, -0.2) is 18.4 Å². The first-order valence-electron chi connectivity index (χ1n) is 9.15. The molecule has 2 aromatic heterocycles. The molecule has 0 fully saturated rings. The van der Waals surface area contributed by atoms with Gasteiger partial charge in [0.25, 0.3) is 0 Å². The molecular formula is C22H18ClN3O3S. The summed E-state index contributed by atoms with van der Waals surface area (Å²) in [6.45, 7) is 2.30. The van der Waals surface area contributed by atoms with Crippen molar-refractivity contribution >= 4 is 27.3 Å². The summed E-state index contributed by atoms with van der Waals surface area (Å²) < 4.78 is 32.4. The average molecular weight is 440 g/mol. The molecule has 0 bridgehead atoms. The van der Waals surface area contributed by atoms with E-state index < -0.39 is 9.84 Å². The largest absolute Gasteiger partial charge is 0.419 e. The van der Waals surface area contributed by atoms with Crippen LogP contribution in [0.1, 0.15) is 11.1 Å². The second-order valence-electron chi connectivity index (χ2n) is 6.69. The Morgan fingerprint density at radius 1 is 1.03 bits per heavy atom. The predicted octanol–water partition coefficient (Wildman–Crippen LogP) is 5.14. The maximum atomic E-state index is 13.3. The van der Waals surface area contributed by atoms with E-state index in [-0.39, 0.29) is 21.7 Å². The third-order valence-corrected chi connectivity index (χ3v) is 6.38. The first kappa shape index (κ1) is 20.1. The predicted molar refractivity (Wildman–Crippen MR) is 115 cm³/mol. The van der Waals surface area contributed by atoms with Crippen molar-refractivity contribution in [2.45, 2.75) is 23.4 Å². The van der Waals surface area contributed by atoms with Crippen LogP contribution in [0.2, 0.25) is 5.02 Å². The Morgan fingerprint density at radius 3 is 2.43 bits per heavy atom. The summed E-state index contributed by atoms with van der Waals surface area (Å²) in [4.78, 5) is 8.48. The standard InChI is InChI=1S/C22H18ClN3O3S/c1-15-4-6-17(7-5-15)20-26-22(30(27,28)19-10-8-18(23)9-11-19)21(29-20)25-14-16-3-2-12-24-13-16/h2-13,25H,14H2,1H3. The van der Waals surface area contributed by atoms with Crippen molar-refractivity contribution in [1.82, 2.24) is 9.97 Å². The number of sulfone groups is 1. The monoisotopic (exact) mass is 439 g/mol. The minimum atomic E-state index is -3.93. The third-order valence-electron chi connectivity index (χ3n) is 4.45. The molecule has 0 saturated carbocycles. The fourth-order valence-electron chi connectivity index (χ4n) is 2.83. The molecule has 0 unspecified atom stereocenters. The van der Waals surface area contributed by atoms with Crippen LogP contribution in [0.5, 0.6) is 0 Å². The minimum absolute atomic E-state index is 0.0735. The molecule has 30 heavy (non-hydrogen) atoms. The zero-order valence-corrected chi connectivity index (χ0v) is 17.6. The lowest BCUT2D eigenvalue weighted by atomic mass is 10.1. The van der Waals surface area contributed by atoms with Crippen molar-refractivity contribution in [3.63, 3.8) is 0 Å². The lowest BCUT2D eigenvalue weighted by Crippen LogP contribution is -2.07. The maximum Gasteiger partial charge on any atom is 0.234 e. The number of benzene rings is 2. The summed E-state index contributed by atoms with van der Waals surface area (Å²) in [6, 6.07) is 17.1. The van der Waals surface area contributed by atoms with E-state index >= 15 is 0 Å². The van der Waals surface area contributed by atoms with Gasteiger partial charge < -0.3 is 9.73 Å². The topological polar surface area (TPSA) is 85.1 Å². The molecule has 0 amide bonds. The molecule has 0 radical (unpaired) electrons. The fraction of sp³-hybridized carbons (Fsp3) is 0.0909. The van der Waals surface area contributed by atoms with Gasteiger partial charge in [0.1, 0.15) is 0 Å². The fourth-order valence-corrected chi connectivity index (χ4v) is 4.23. The van der Waals surface area contributed by atoms with Crippen LogP contribution in [0.3, 0.4) is 0 Å². The Labute approximate surface area is 179 Å². The Bertz CT molecular complexity index is 1250. The number of nitrogens with zero attached hydrogens (tertiary/aromatic N) is 2. The number of anilines is 1. The first-order chi connectivity index (χ1) is 14.4. The van der Waals surface area contributed by atoms with Crippen molar-refractivity contribution in [3.05, 3.63) is 89.2 Å². The van der Waals surface area contributed by atoms with E-state index in [9.17, 15) is 8.42 Å². The molecule has 152 valence electrons. The summed E-state index contributed by atoms with van der Waals surface area (Å²) >= 11 is 5.91. The van der Waals surface area contributed by atoms with Gasteiger partial charge in [-0.1, -0.05) is 35.4 Å². The number of halogens is 1. The van der Waals surface area contributed by atoms with E-state index in [1.807, 2.05) is 37.3 Å². The molecule has 2 heterocycles. The van der Waals surface area contributed by atoms with Crippen molar-refractivity contribution in [1.29, 1.82) is 0 Å². The van der Waals surface area contributed by atoms with E-state index in [0.717, 1.165) is 11.1 Å². The molecule has 0 atom stereocenters. The number of aryl methyl sites for hydroxylation is 1. The van der Waals surface area contributed by atoms with Gasteiger partial charge in [-0.15, -0.1) is 0 Å². The van der Waals surface area contributed by atoms with Crippen molar-refractivity contribution in [2.75, 3.05) is 5.32 Å². The molecule has 0 saturated heterocycles. The molecule has 0 aliphatic heterocycles. The van der Waals surface area contributed by atoms with Crippen LogP contribution in [0.4, 0.5) is 5.88 Å². The number of hydrogen-bond donors (Lipinski definition) is 1. The highest BCUT2D eigenvalue weighted by molar-refractivity contribution is 7.91. The zero-order chi connectivity index (χ0) is 21.1. The number of rotatable bonds is 6. The van der Waals surface area contributed by atoms with Gasteiger partial charge in [-0.25, -0.2) is 8.42 Å². The molecule has 1 N–H and O–H groups in total. The van der Waals surface area contributed by atoms with Gasteiger partial charge >= 0.3 is 0 Å². The smallest absolute Gasteiger partial charge is 0.234 e. The van der Waals surface area contributed by atoms with E-state index in [1.165, 1.54) is 24.3 Å². The van der Waals surface area contributed by atoms with E-state index in [1.54, 1.807) is 18.5 Å². The van der Waals surface area contributed by atoms with Crippen LogP contribution in [0.15, 0.2) is 87.4 Å². The lowest BCUT2D eigenvalue weighted by Gasteiger charge is -2.06. The van der Waals surface area contributed by atoms with Gasteiger partial charge in [-0.05, 0) is 55.0 Å². The zero-order valence-electron chi connectivity index (χ0n) is 16.0. The Hall–Kier alpha value is -3.16. The van der Waals surface area contributed by atoms with Crippen molar-refractivity contribution < 1.29 is 12.8 Å². The van der Waals surface area contributed by atoms with Gasteiger partial charge in [0.15, 0.2) is 0 Å². The molecule has 2 aromatic carbocycles. The molecule has 0 spiro atoms. The van der Waals surface area contributed by atoms with Gasteiger partial charge in [-0.3, -0.25) is 4.98 Å². The third kappa shape index (κ3) is 4.22. The first-order valence-corrected chi connectivity index (χ1v) is 11.0. The minimum Gasteiger partial charge on any atom is -0.419 e. The van der Waals surface area contributed by atoms with Gasteiger partial charge in [-0.2, -0.15) is 4.98 Å². The number of nitrogens with one attached hydrogen (secondary N) is 1. The van der Waals surface area contributed by atoms with Crippen LogP contribution in [0, 0.1) is 6.92 Å². The van der Waals surface area contributed by atoms with E-state index in [4.69, 9.17) is 16.0 Å². The maximum absolute atomic E-state index is 13.3. The summed E-state index contributed by atoms with van der Waals surface area (Å²) in [7, 11) is -3.93. The molecule has 4 rings (SSSR count). The molecule has 0 aliphatic rings. The van der Waals surface area contributed by atoms with E-state index in [0.29, 0.717) is 17.1 Å². The quantitative estimate of drug-likeness (QED) is 0.447. The van der Waals surface area contributed by atoms with Crippen molar-refractivity contribution in [3.8, 4) is 11.5 Å².